The van der Waals surface area contributed by atoms with E-state index in [9.17, 15) is 4.39 Å². The first kappa shape index (κ1) is 15.5. The fourth-order valence-corrected chi connectivity index (χ4v) is 3.16. The zero-order valence-corrected chi connectivity index (χ0v) is 13.7. The monoisotopic (exact) mass is 357 g/mol. The highest BCUT2D eigenvalue weighted by Crippen LogP contribution is 2.23. The zero-order valence-electron chi connectivity index (χ0n) is 11.3. The molecule has 108 valence electrons. The first-order chi connectivity index (χ1) is 9.67. The van der Waals surface area contributed by atoms with Gasteiger partial charge in [-0.25, -0.2) is 4.39 Å². The Balaban J connectivity index is 1.96. The highest BCUT2D eigenvalue weighted by molar-refractivity contribution is 9.10. The third-order valence-electron chi connectivity index (χ3n) is 2.69. The smallest absolute Gasteiger partial charge is 0.127 e. The molecule has 2 nitrogen and oxygen atoms in total. The van der Waals surface area contributed by atoms with Crippen molar-refractivity contribution in [3.05, 3.63) is 50.4 Å². The van der Waals surface area contributed by atoms with Crippen molar-refractivity contribution in [2.24, 2.45) is 0 Å². The van der Waals surface area contributed by atoms with Crippen LogP contribution in [0.2, 0.25) is 0 Å². The average molecular weight is 358 g/mol. The van der Waals surface area contributed by atoms with E-state index in [0.717, 1.165) is 27.9 Å². The topological polar surface area (TPSA) is 21.3 Å². The summed E-state index contributed by atoms with van der Waals surface area (Å²) in [6, 6.07) is 6.85. The van der Waals surface area contributed by atoms with Crippen molar-refractivity contribution < 1.29 is 9.13 Å². The Morgan fingerprint density at radius 2 is 2.15 bits per heavy atom. The molecule has 2 rings (SSSR count). The van der Waals surface area contributed by atoms with E-state index in [1.54, 1.807) is 11.3 Å². The molecule has 0 atom stereocenters. The summed E-state index contributed by atoms with van der Waals surface area (Å²) in [5.74, 6) is 0.311. The number of nitrogens with one attached hydrogen (secondary N) is 1. The summed E-state index contributed by atoms with van der Waals surface area (Å²) in [5, 5.41) is 5.26. The lowest BCUT2D eigenvalue weighted by Crippen LogP contribution is -2.14. The van der Waals surface area contributed by atoms with E-state index in [1.807, 2.05) is 17.5 Å². The molecule has 0 unspecified atom stereocenters. The van der Waals surface area contributed by atoms with E-state index in [2.05, 4.69) is 28.2 Å². The van der Waals surface area contributed by atoms with Gasteiger partial charge in [-0.3, -0.25) is 0 Å². The van der Waals surface area contributed by atoms with E-state index in [1.165, 1.54) is 12.1 Å². The maximum absolute atomic E-state index is 13.6. The molecule has 0 bridgehead atoms. The Hall–Kier alpha value is -0.910. The fraction of sp³-hybridized carbons (Fsp3) is 0.333. The Bertz CT molecular complexity index is 559. The SMILES string of the molecule is CCCNCc1cc(F)cc(OCc2cc(Br)cs2)c1. The third-order valence-corrected chi connectivity index (χ3v) is 4.36. The van der Waals surface area contributed by atoms with Gasteiger partial charge in [0.15, 0.2) is 0 Å². The minimum absolute atomic E-state index is 0.261. The molecule has 0 aliphatic heterocycles. The summed E-state index contributed by atoms with van der Waals surface area (Å²) in [7, 11) is 0. The Kier molecular flexibility index (Phi) is 6.01. The molecule has 0 saturated heterocycles. The first-order valence-corrected chi connectivity index (χ1v) is 8.20. The molecule has 0 aliphatic rings. The number of hydrogen-bond acceptors (Lipinski definition) is 3. The largest absolute Gasteiger partial charge is 0.488 e. The summed E-state index contributed by atoms with van der Waals surface area (Å²) >= 11 is 5.02. The summed E-state index contributed by atoms with van der Waals surface area (Å²) in [5.41, 5.74) is 0.904. The van der Waals surface area contributed by atoms with Gasteiger partial charge in [-0.2, -0.15) is 0 Å². The standard InChI is InChI=1S/C15H17BrFNOS/c1-2-3-18-8-11-4-13(17)7-14(5-11)19-9-15-6-12(16)10-20-15/h4-7,10,18H,2-3,8-9H2,1H3. The molecular formula is C15H17BrFNOS. The molecule has 0 fully saturated rings. The van der Waals surface area contributed by atoms with Crippen LogP contribution in [0, 0.1) is 5.82 Å². The van der Waals surface area contributed by atoms with Crippen LogP contribution < -0.4 is 10.1 Å². The molecule has 1 heterocycles. The number of rotatable bonds is 7. The van der Waals surface area contributed by atoms with E-state index >= 15 is 0 Å². The van der Waals surface area contributed by atoms with Crippen molar-refractivity contribution >= 4 is 27.3 Å². The van der Waals surface area contributed by atoms with Gasteiger partial charge in [-0.05, 0) is 52.7 Å². The molecule has 0 radical (unpaired) electrons. The summed E-state index contributed by atoms with van der Waals surface area (Å²) in [6.45, 7) is 4.15. The van der Waals surface area contributed by atoms with Gasteiger partial charge in [-0.1, -0.05) is 6.92 Å². The fourth-order valence-electron chi connectivity index (χ4n) is 1.80. The molecule has 0 aliphatic carbocycles. The Morgan fingerprint density at radius 1 is 1.30 bits per heavy atom. The van der Waals surface area contributed by atoms with Crippen LogP contribution >= 0.6 is 27.3 Å². The Labute approximate surface area is 131 Å². The number of thiophene rings is 1. The van der Waals surface area contributed by atoms with Crippen molar-refractivity contribution in [3.8, 4) is 5.75 Å². The molecule has 1 N–H and O–H groups in total. The predicted molar refractivity (Wildman–Crippen MR) is 84.7 cm³/mol. The van der Waals surface area contributed by atoms with Crippen LogP contribution in [0.3, 0.4) is 0 Å². The van der Waals surface area contributed by atoms with Crippen molar-refractivity contribution in [1.82, 2.24) is 5.32 Å². The quantitative estimate of drug-likeness (QED) is 0.723. The normalized spacial score (nSPS) is 10.8. The van der Waals surface area contributed by atoms with Crippen LogP contribution in [-0.4, -0.2) is 6.54 Å². The summed E-state index contributed by atoms with van der Waals surface area (Å²) in [4.78, 5) is 1.10. The molecule has 0 saturated carbocycles. The second-order valence-electron chi connectivity index (χ2n) is 4.49. The lowest BCUT2D eigenvalue weighted by atomic mass is 10.2. The molecular weight excluding hydrogens is 341 g/mol. The molecule has 1 aromatic heterocycles. The highest BCUT2D eigenvalue weighted by Gasteiger charge is 2.04. The second kappa shape index (κ2) is 7.76. The number of hydrogen-bond donors (Lipinski definition) is 1. The lowest BCUT2D eigenvalue weighted by molar-refractivity contribution is 0.307. The van der Waals surface area contributed by atoms with Gasteiger partial charge in [0.2, 0.25) is 0 Å². The predicted octanol–water partition coefficient (Wildman–Crippen LogP) is 4.73. The van der Waals surface area contributed by atoms with Crippen LogP contribution in [0.5, 0.6) is 5.75 Å². The van der Waals surface area contributed by atoms with E-state index in [4.69, 9.17) is 4.74 Å². The van der Waals surface area contributed by atoms with Crippen LogP contribution in [0.1, 0.15) is 23.8 Å². The molecule has 2 aromatic rings. The lowest BCUT2D eigenvalue weighted by Gasteiger charge is -2.08. The van der Waals surface area contributed by atoms with Crippen LogP contribution in [0.4, 0.5) is 4.39 Å². The van der Waals surface area contributed by atoms with Crippen molar-refractivity contribution in [2.45, 2.75) is 26.5 Å². The minimum Gasteiger partial charge on any atom is -0.488 e. The minimum atomic E-state index is -0.261. The van der Waals surface area contributed by atoms with Gasteiger partial charge >= 0.3 is 0 Å². The van der Waals surface area contributed by atoms with Crippen molar-refractivity contribution in [2.75, 3.05) is 6.54 Å². The number of ether oxygens (including phenoxy) is 1. The van der Waals surface area contributed by atoms with Gasteiger partial charge in [0.05, 0.1) is 0 Å². The van der Waals surface area contributed by atoms with E-state index < -0.39 is 0 Å². The van der Waals surface area contributed by atoms with Gasteiger partial charge in [-0.15, -0.1) is 11.3 Å². The van der Waals surface area contributed by atoms with Gasteiger partial charge in [0, 0.05) is 27.3 Å². The van der Waals surface area contributed by atoms with Crippen molar-refractivity contribution in [3.63, 3.8) is 0 Å². The Morgan fingerprint density at radius 3 is 2.85 bits per heavy atom. The first-order valence-electron chi connectivity index (χ1n) is 6.53. The van der Waals surface area contributed by atoms with Crippen LogP contribution in [0.25, 0.3) is 0 Å². The maximum atomic E-state index is 13.6. The summed E-state index contributed by atoms with van der Waals surface area (Å²) < 4.78 is 20.3. The maximum Gasteiger partial charge on any atom is 0.127 e. The summed E-state index contributed by atoms with van der Waals surface area (Å²) in [6.07, 6.45) is 1.06. The third kappa shape index (κ3) is 4.89. The highest BCUT2D eigenvalue weighted by atomic mass is 79.9. The molecule has 0 amide bonds. The van der Waals surface area contributed by atoms with E-state index in [-0.39, 0.29) is 5.82 Å². The number of halogens is 2. The number of benzene rings is 1. The molecule has 1 aromatic carbocycles. The van der Waals surface area contributed by atoms with E-state index in [0.29, 0.717) is 18.9 Å². The van der Waals surface area contributed by atoms with Gasteiger partial charge in [0.1, 0.15) is 18.2 Å². The van der Waals surface area contributed by atoms with Gasteiger partial charge < -0.3 is 10.1 Å². The molecule has 5 heteroatoms. The molecule has 20 heavy (non-hydrogen) atoms. The molecule has 0 spiro atoms. The van der Waals surface area contributed by atoms with Crippen LogP contribution in [-0.2, 0) is 13.2 Å². The second-order valence-corrected chi connectivity index (χ2v) is 6.40. The van der Waals surface area contributed by atoms with Crippen molar-refractivity contribution in [1.29, 1.82) is 0 Å². The zero-order chi connectivity index (χ0) is 14.4. The average Bonchev–Trinajstić information content (AvgIpc) is 2.82. The van der Waals surface area contributed by atoms with Gasteiger partial charge in [0.25, 0.3) is 0 Å². The van der Waals surface area contributed by atoms with Crippen LogP contribution in [0.15, 0.2) is 34.1 Å².